The largest absolute Gasteiger partial charge is 0.375 e. The highest BCUT2D eigenvalue weighted by Gasteiger charge is 2.51. The van der Waals surface area contributed by atoms with Crippen molar-refractivity contribution in [3.63, 3.8) is 0 Å². The van der Waals surface area contributed by atoms with Crippen LogP contribution in [0.15, 0.2) is 48.5 Å². The molecule has 0 saturated carbocycles. The molecule has 0 spiro atoms. The Morgan fingerprint density at radius 2 is 1.83 bits per heavy atom. The lowest BCUT2D eigenvalue weighted by Gasteiger charge is -2.29. The zero-order valence-electron chi connectivity index (χ0n) is 17.4. The number of anilines is 1. The quantitative estimate of drug-likeness (QED) is 0.677. The summed E-state index contributed by atoms with van der Waals surface area (Å²) in [5, 5.41) is 11.4. The van der Waals surface area contributed by atoms with Crippen molar-refractivity contribution in [2.75, 3.05) is 37.9 Å². The van der Waals surface area contributed by atoms with E-state index in [9.17, 15) is 14.7 Å². The lowest BCUT2D eigenvalue weighted by atomic mass is 9.88. The lowest BCUT2D eigenvalue weighted by molar-refractivity contribution is -0.906. The summed E-state index contributed by atoms with van der Waals surface area (Å²) in [6, 6.07) is 14.7. The second kappa shape index (κ2) is 8.68. The van der Waals surface area contributed by atoms with Crippen molar-refractivity contribution in [2.24, 2.45) is 0 Å². The number of morpholine rings is 1. The van der Waals surface area contributed by atoms with E-state index in [0.29, 0.717) is 36.7 Å². The summed E-state index contributed by atoms with van der Waals surface area (Å²) in [4.78, 5) is 29.2. The van der Waals surface area contributed by atoms with E-state index in [1.807, 2.05) is 24.3 Å². The molecular weight excluding hydrogens is 380 g/mol. The van der Waals surface area contributed by atoms with Crippen molar-refractivity contribution in [1.29, 1.82) is 0 Å². The van der Waals surface area contributed by atoms with Crippen LogP contribution < -0.4 is 9.80 Å². The summed E-state index contributed by atoms with van der Waals surface area (Å²) in [6.07, 6.45) is 1.74. The highest BCUT2D eigenvalue weighted by molar-refractivity contribution is 6.10. The van der Waals surface area contributed by atoms with Gasteiger partial charge in [0.2, 0.25) is 0 Å². The SMILES string of the molecule is CCCc1ccc(C(=O)C[C@@]2(O)C(=O)N(C[NH+]3CCOCC3)c3ccccc32)cc1. The average molecular weight is 410 g/mol. The Balaban J connectivity index is 1.57. The van der Waals surface area contributed by atoms with Crippen LogP contribution in [-0.4, -0.2) is 49.8 Å². The Morgan fingerprint density at radius 1 is 1.13 bits per heavy atom. The first kappa shape index (κ1) is 20.7. The fraction of sp³-hybridized carbons (Fsp3) is 0.417. The molecule has 2 aliphatic heterocycles. The van der Waals surface area contributed by atoms with E-state index in [1.165, 1.54) is 10.5 Å². The number of aliphatic hydroxyl groups is 1. The molecule has 0 aliphatic carbocycles. The number of quaternary nitrogens is 1. The molecule has 0 bridgehead atoms. The molecule has 6 heteroatoms. The summed E-state index contributed by atoms with van der Waals surface area (Å²) in [5.41, 5.74) is 1.07. The van der Waals surface area contributed by atoms with Crippen LogP contribution in [0.2, 0.25) is 0 Å². The van der Waals surface area contributed by atoms with Crippen LogP contribution in [0.5, 0.6) is 0 Å². The van der Waals surface area contributed by atoms with Gasteiger partial charge in [-0.1, -0.05) is 55.8 Å². The Bertz CT molecular complexity index is 921. The molecule has 2 heterocycles. The van der Waals surface area contributed by atoms with Gasteiger partial charge in [-0.05, 0) is 18.1 Å². The molecule has 2 aromatic rings. The normalized spacial score (nSPS) is 21.7. The van der Waals surface area contributed by atoms with Gasteiger partial charge in [0.1, 0.15) is 13.1 Å². The Morgan fingerprint density at radius 3 is 2.53 bits per heavy atom. The molecule has 0 aromatic heterocycles. The zero-order chi connectivity index (χ0) is 21.1. The molecular formula is C24H29N2O4+. The molecule has 0 unspecified atom stereocenters. The van der Waals surface area contributed by atoms with Crippen molar-refractivity contribution in [3.8, 4) is 0 Å². The van der Waals surface area contributed by atoms with Crippen LogP contribution in [-0.2, 0) is 21.6 Å². The van der Waals surface area contributed by atoms with Crippen LogP contribution in [0.25, 0.3) is 0 Å². The maximum Gasteiger partial charge on any atom is 0.268 e. The van der Waals surface area contributed by atoms with Gasteiger partial charge in [-0.3, -0.25) is 14.5 Å². The highest BCUT2D eigenvalue weighted by atomic mass is 16.5. The number of para-hydroxylation sites is 1. The minimum atomic E-state index is -1.83. The van der Waals surface area contributed by atoms with Crippen LogP contribution >= 0.6 is 0 Å². The number of amides is 1. The molecule has 2 aromatic carbocycles. The van der Waals surface area contributed by atoms with Gasteiger partial charge in [0.05, 0.1) is 25.3 Å². The number of aryl methyl sites for hydroxylation is 1. The van der Waals surface area contributed by atoms with Gasteiger partial charge in [0.15, 0.2) is 18.1 Å². The van der Waals surface area contributed by atoms with Crippen molar-refractivity contribution in [1.82, 2.24) is 0 Å². The summed E-state index contributed by atoms with van der Waals surface area (Å²) < 4.78 is 5.41. The number of fused-ring (bicyclic) bond motifs is 1. The molecule has 1 saturated heterocycles. The number of nitrogens with zero attached hydrogens (tertiary/aromatic N) is 1. The average Bonchev–Trinajstić information content (AvgIpc) is 2.97. The molecule has 2 N–H and O–H groups in total. The molecule has 1 amide bonds. The second-order valence-electron chi connectivity index (χ2n) is 8.18. The first-order chi connectivity index (χ1) is 14.5. The maximum atomic E-state index is 13.3. The number of rotatable bonds is 7. The lowest BCUT2D eigenvalue weighted by Crippen LogP contribution is -3.15. The number of hydrogen-bond acceptors (Lipinski definition) is 4. The van der Waals surface area contributed by atoms with Crippen molar-refractivity contribution >= 4 is 17.4 Å². The number of benzene rings is 2. The number of carbonyl (C=O) groups excluding carboxylic acids is 2. The third-order valence-corrected chi connectivity index (χ3v) is 6.05. The molecule has 30 heavy (non-hydrogen) atoms. The first-order valence-electron chi connectivity index (χ1n) is 10.7. The predicted molar refractivity (Wildman–Crippen MR) is 114 cm³/mol. The number of Topliss-reactive ketones (excluding diaryl/α,β-unsaturated/α-hetero) is 1. The van der Waals surface area contributed by atoms with E-state index in [1.54, 1.807) is 29.2 Å². The monoisotopic (exact) mass is 409 g/mol. The van der Waals surface area contributed by atoms with Crippen molar-refractivity contribution in [2.45, 2.75) is 31.8 Å². The van der Waals surface area contributed by atoms with Gasteiger partial charge in [0, 0.05) is 11.1 Å². The van der Waals surface area contributed by atoms with E-state index in [2.05, 4.69) is 6.92 Å². The number of ketones is 1. The minimum Gasteiger partial charge on any atom is -0.375 e. The standard InChI is InChI=1S/C24H28N2O4/c1-2-5-18-8-10-19(11-9-18)22(27)16-24(29)20-6-3-4-7-21(20)26(23(24)28)17-25-12-14-30-15-13-25/h3-4,6-11,29H,2,5,12-17H2,1H3/p+1/t24-/m0/s1. The molecule has 4 rings (SSSR count). The van der Waals surface area contributed by atoms with Gasteiger partial charge >= 0.3 is 0 Å². The summed E-state index contributed by atoms with van der Waals surface area (Å²) in [6.45, 7) is 5.52. The van der Waals surface area contributed by atoms with E-state index < -0.39 is 11.5 Å². The molecule has 1 atom stereocenters. The summed E-state index contributed by atoms with van der Waals surface area (Å²) in [5.74, 6) is -0.650. The maximum absolute atomic E-state index is 13.3. The smallest absolute Gasteiger partial charge is 0.268 e. The number of nitrogens with one attached hydrogen (secondary N) is 1. The minimum absolute atomic E-state index is 0.232. The van der Waals surface area contributed by atoms with Crippen LogP contribution in [0.3, 0.4) is 0 Å². The van der Waals surface area contributed by atoms with E-state index >= 15 is 0 Å². The fourth-order valence-electron chi connectivity index (χ4n) is 4.36. The third-order valence-electron chi connectivity index (χ3n) is 6.05. The van der Waals surface area contributed by atoms with Crippen molar-refractivity contribution in [3.05, 3.63) is 65.2 Å². The Hall–Kier alpha value is -2.54. The fourth-order valence-corrected chi connectivity index (χ4v) is 4.36. The van der Waals surface area contributed by atoms with Gasteiger partial charge < -0.3 is 14.7 Å². The van der Waals surface area contributed by atoms with Crippen molar-refractivity contribution < 1.29 is 24.3 Å². The molecule has 6 nitrogen and oxygen atoms in total. The van der Waals surface area contributed by atoms with E-state index in [0.717, 1.165) is 25.9 Å². The first-order valence-corrected chi connectivity index (χ1v) is 10.7. The summed E-state index contributed by atoms with van der Waals surface area (Å²) in [7, 11) is 0. The topological polar surface area (TPSA) is 71.3 Å². The van der Waals surface area contributed by atoms with Gasteiger partial charge in [-0.25, -0.2) is 0 Å². The number of carbonyl (C=O) groups is 2. The number of ether oxygens (including phenoxy) is 1. The van der Waals surface area contributed by atoms with E-state index in [4.69, 9.17) is 4.74 Å². The van der Waals surface area contributed by atoms with Gasteiger partial charge in [-0.15, -0.1) is 0 Å². The third kappa shape index (κ3) is 3.90. The highest BCUT2D eigenvalue weighted by Crippen LogP contribution is 2.42. The van der Waals surface area contributed by atoms with E-state index in [-0.39, 0.29) is 12.2 Å². The molecule has 158 valence electrons. The zero-order valence-corrected chi connectivity index (χ0v) is 17.4. The number of hydrogen-bond donors (Lipinski definition) is 2. The molecule has 0 radical (unpaired) electrons. The Labute approximate surface area is 177 Å². The molecule has 2 aliphatic rings. The Kier molecular flexibility index (Phi) is 5.99. The van der Waals surface area contributed by atoms with Crippen LogP contribution in [0, 0.1) is 0 Å². The van der Waals surface area contributed by atoms with Gasteiger partial charge in [-0.2, -0.15) is 0 Å². The summed E-state index contributed by atoms with van der Waals surface area (Å²) >= 11 is 0. The second-order valence-corrected chi connectivity index (χ2v) is 8.18. The van der Waals surface area contributed by atoms with Crippen LogP contribution in [0.4, 0.5) is 5.69 Å². The van der Waals surface area contributed by atoms with Gasteiger partial charge in [0.25, 0.3) is 5.91 Å². The molecule has 1 fully saturated rings. The van der Waals surface area contributed by atoms with Crippen LogP contribution in [0.1, 0.15) is 41.3 Å². The predicted octanol–water partition coefficient (Wildman–Crippen LogP) is 1.32.